The van der Waals surface area contributed by atoms with Gasteiger partial charge in [0.15, 0.2) is 0 Å². The van der Waals surface area contributed by atoms with Gasteiger partial charge in [0.1, 0.15) is 0 Å². The summed E-state index contributed by atoms with van der Waals surface area (Å²) in [5.74, 6) is 1.08. The summed E-state index contributed by atoms with van der Waals surface area (Å²) in [6.07, 6.45) is 1.09. The third kappa shape index (κ3) is 6.43. The van der Waals surface area contributed by atoms with Crippen molar-refractivity contribution in [2.45, 2.75) is 44.9 Å². The summed E-state index contributed by atoms with van der Waals surface area (Å²) in [7, 11) is 0. The minimum atomic E-state index is 0.368. The van der Waals surface area contributed by atoms with Crippen molar-refractivity contribution in [3.63, 3.8) is 0 Å². The molecule has 0 fully saturated rings. The minimum Gasteiger partial charge on any atom is -0.327 e. The Kier molecular flexibility index (Phi) is 4.37. The fourth-order valence-corrected chi connectivity index (χ4v) is 1.42. The average Bonchev–Trinajstić information content (AvgIpc) is 1.81. The van der Waals surface area contributed by atoms with E-state index in [1.807, 2.05) is 11.8 Å². The smallest absolute Gasteiger partial charge is 0.0128 e. The van der Waals surface area contributed by atoms with Gasteiger partial charge in [-0.2, -0.15) is 11.8 Å². The summed E-state index contributed by atoms with van der Waals surface area (Å²) in [6.45, 7) is 8.80. The van der Waals surface area contributed by atoms with E-state index in [4.69, 9.17) is 5.73 Å². The molecule has 0 amide bonds. The van der Waals surface area contributed by atoms with E-state index in [1.165, 1.54) is 0 Å². The van der Waals surface area contributed by atoms with Gasteiger partial charge in [0.25, 0.3) is 0 Å². The first-order chi connectivity index (χ1) is 4.45. The first kappa shape index (κ1) is 10.3. The average molecular weight is 161 g/mol. The Hall–Kier alpha value is 0.310. The summed E-state index contributed by atoms with van der Waals surface area (Å²) in [6, 6.07) is 0.379. The fraction of sp³-hybridized carbons (Fsp3) is 1.00. The molecule has 0 aliphatic rings. The second kappa shape index (κ2) is 4.24. The van der Waals surface area contributed by atoms with Crippen LogP contribution in [0.1, 0.15) is 34.1 Å². The van der Waals surface area contributed by atoms with Crippen LogP contribution in [-0.2, 0) is 0 Å². The lowest BCUT2D eigenvalue weighted by Gasteiger charge is -2.19. The van der Waals surface area contributed by atoms with Crippen molar-refractivity contribution in [3.8, 4) is 0 Å². The lowest BCUT2D eigenvalue weighted by Crippen LogP contribution is -2.24. The molecule has 0 unspecified atom stereocenters. The summed E-state index contributed by atoms with van der Waals surface area (Å²) in [4.78, 5) is 0. The Bertz CT molecular complexity index is 85.7. The van der Waals surface area contributed by atoms with Crippen LogP contribution >= 0.6 is 11.8 Å². The Morgan fingerprint density at radius 2 is 1.90 bits per heavy atom. The van der Waals surface area contributed by atoms with Gasteiger partial charge in [-0.25, -0.2) is 0 Å². The molecule has 0 aromatic rings. The molecule has 2 N–H and O–H groups in total. The maximum absolute atomic E-state index is 5.76. The van der Waals surface area contributed by atoms with Crippen LogP contribution in [0, 0.1) is 0 Å². The molecular formula is C8H19NS. The van der Waals surface area contributed by atoms with Crippen molar-refractivity contribution >= 4 is 11.8 Å². The quantitative estimate of drug-likeness (QED) is 0.687. The van der Waals surface area contributed by atoms with Gasteiger partial charge in [0.2, 0.25) is 0 Å². The zero-order chi connectivity index (χ0) is 8.20. The third-order valence-corrected chi connectivity index (χ3v) is 2.72. The number of thioether (sulfide) groups is 1. The van der Waals surface area contributed by atoms with Gasteiger partial charge in [-0.05, 0) is 6.42 Å². The molecule has 0 aliphatic heterocycles. The van der Waals surface area contributed by atoms with Gasteiger partial charge >= 0.3 is 0 Å². The molecule has 1 atom stereocenters. The highest BCUT2D eigenvalue weighted by Crippen LogP contribution is 2.23. The summed E-state index contributed by atoms with van der Waals surface area (Å²) >= 11 is 1.94. The molecule has 0 spiro atoms. The second-order valence-electron chi connectivity index (χ2n) is 3.59. The van der Waals surface area contributed by atoms with E-state index in [2.05, 4.69) is 27.7 Å². The topological polar surface area (TPSA) is 26.0 Å². The van der Waals surface area contributed by atoms with E-state index in [9.17, 15) is 0 Å². The van der Waals surface area contributed by atoms with E-state index >= 15 is 0 Å². The first-order valence-corrected chi connectivity index (χ1v) is 4.84. The molecule has 0 aromatic carbocycles. The maximum atomic E-state index is 5.76. The molecule has 1 nitrogen and oxygen atoms in total. The lowest BCUT2D eigenvalue weighted by molar-refractivity contribution is 0.714. The molecule has 10 heavy (non-hydrogen) atoms. The van der Waals surface area contributed by atoms with Crippen LogP contribution in [0.25, 0.3) is 0 Å². The number of rotatable bonds is 3. The van der Waals surface area contributed by atoms with Crippen LogP contribution in [-0.4, -0.2) is 16.5 Å². The Balaban J connectivity index is 3.36. The first-order valence-electron chi connectivity index (χ1n) is 3.85. The second-order valence-corrected chi connectivity index (χ2v) is 5.44. The van der Waals surface area contributed by atoms with E-state index < -0.39 is 0 Å². The Morgan fingerprint density at radius 3 is 2.20 bits per heavy atom. The van der Waals surface area contributed by atoms with Crippen molar-refractivity contribution in [3.05, 3.63) is 0 Å². The van der Waals surface area contributed by atoms with Crippen molar-refractivity contribution in [1.29, 1.82) is 0 Å². The van der Waals surface area contributed by atoms with Crippen molar-refractivity contribution < 1.29 is 0 Å². The van der Waals surface area contributed by atoms with Crippen molar-refractivity contribution in [2.75, 3.05) is 5.75 Å². The predicted molar refractivity (Wildman–Crippen MR) is 50.5 cm³/mol. The standard InChI is InChI=1S/C8H19NS/c1-5-7(9)6-10-8(2,3)4/h7H,5-6,9H2,1-4H3/t7-/m0/s1. The van der Waals surface area contributed by atoms with Crippen LogP contribution in [0.3, 0.4) is 0 Å². The molecule has 0 heterocycles. The fourth-order valence-electron chi connectivity index (χ4n) is 0.475. The van der Waals surface area contributed by atoms with Crippen molar-refractivity contribution in [1.82, 2.24) is 0 Å². The molecule has 62 valence electrons. The van der Waals surface area contributed by atoms with Gasteiger partial charge in [0, 0.05) is 16.5 Å². The van der Waals surface area contributed by atoms with Crippen LogP contribution in [0.5, 0.6) is 0 Å². The molecule has 0 aromatic heterocycles. The zero-order valence-corrected chi connectivity index (χ0v) is 8.29. The number of nitrogens with two attached hydrogens (primary N) is 1. The normalized spacial score (nSPS) is 15.3. The van der Waals surface area contributed by atoms with Crippen LogP contribution < -0.4 is 5.73 Å². The van der Waals surface area contributed by atoms with Gasteiger partial charge < -0.3 is 5.73 Å². The molecule has 2 heteroatoms. The van der Waals surface area contributed by atoms with Gasteiger partial charge in [0.05, 0.1) is 0 Å². The molecule has 0 bridgehead atoms. The molecule has 0 saturated heterocycles. The summed E-state index contributed by atoms with van der Waals surface area (Å²) in [5.41, 5.74) is 5.76. The van der Waals surface area contributed by atoms with Crippen LogP contribution in [0.4, 0.5) is 0 Å². The van der Waals surface area contributed by atoms with E-state index in [0.717, 1.165) is 12.2 Å². The molecule has 0 aliphatic carbocycles. The molecule has 0 saturated carbocycles. The lowest BCUT2D eigenvalue weighted by atomic mass is 10.3. The molecule has 0 rings (SSSR count). The zero-order valence-electron chi connectivity index (χ0n) is 7.48. The van der Waals surface area contributed by atoms with Gasteiger partial charge in [-0.3, -0.25) is 0 Å². The van der Waals surface area contributed by atoms with E-state index in [0.29, 0.717) is 10.8 Å². The predicted octanol–water partition coefficient (Wildman–Crippen LogP) is 2.26. The van der Waals surface area contributed by atoms with Crippen LogP contribution in [0.15, 0.2) is 0 Å². The number of hydrogen-bond acceptors (Lipinski definition) is 2. The SMILES string of the molecule is CC[C@H](N)CSC(C)(C)C. The third-order valence-electron chi connectivity index (χ3n) is 1.25. The summed E-state index contributed by atoms with van der Waals surface area (Å²) < 4.78 is 0.368. The highest BCUT2D eigenvalue weighted by Gasteiger charge is 2.11. The molecule has 0 radical (unpaired) electrons. The van der Waals surface area contributed by atoms with Crippen molar-refractivity contribution in [2.24, 2.45) is 5.73 Å². The highest BCUT2D eigenvalue weighted by atomic mass is 32.2. The molecular weight excluding hydrogens is 142 g/mol. The highest BCUT2D eigenvalue weighted by molar-refractivity contribution is 8.00. The Morgan fingerprint density at radius 1 is 1.40 bits per heavy atom. The van der Waals surface area contributed by atoms with Gasteiger partial charge in [-0.15, -0.1) is 0 Å². The monoisotopic (exact) mass is 161 g/mol. The Labute approximate surface area is 68.8 Å². The minimum absolute atomic E-state index is 0.368. The van der Waals surface area contributed by atoms with E-state index in [1.54, 1.807) is 0 Å². The largest absolute Gasteiger partial charge is 0.327 e. The van der Waals surface area contributed by atoms with Crippen LogP contribution in [0.2, 0.25) is 0 Å². The van der Waals surface area contributed by atoms with E-state index in [-0.39, 0.29) is 0 Å². The number of hydrogen-bond donors (Lipinski definition) is 1. The summed E-state index contributed by atoms with van der Waals surface area (Å²) in [5, 5.41) is 0. The van der Waals surface area contributed by atoms with Gasteiger partial charge in [-0.1, -0.05) is 27.7 Å². The maximum Gasteiger partial charge on any atom is 0.0128 e.